The van der Waals surface area contributed by atoms with Crippen molar-refractivity contribution in [2.75, 3.05) is 12.3 Å². The van der Waals surface area contributed by atoms with E-state index in [2.05, 4.69) is 23.3 Å². The lowest BCUT2D eigenvalue weighted by Gasteiger charge is -2.16. The summed E-state index contributed by atoms with van der Waals surface area (Å²) in [5.41, 5.74) is 5.23. The molecule has 0 radical (unpaired) electrons. The van der Waals surface area contributed by atoms with Gasteiger partial charge in [-0.25, -0.2) is 0 Å². The van der Waals surface area contributed by atoms with Crippen LogP contribution in [0.5, 0.6) is 0 Å². The minimum Gasteiger partial charge on any atom is -0.483 e. The monoisotopic (exact) mass is 353 g/mol. The molecule has 0 aromatic carbocycles. The molecule has 0 spiro atoms. The van der Waals surface area contributed by atoms with Crippen LogP contribution in [0.15, 0.2) is 0 Å². The number of amides is 2. The highest BCUT2D eigenvalue weighted by molar-refractivity contribution is 7.80. The van der Waals surface area contributed by atoms with Crippen LogP contribution in [-0.4, -0.2) is 69.9 Å². The van der Waals surface area contributed by atoms with Gasteiger partial charge in [0.25, 0.3) is 6.47 Å². The number of thiol groups is 1. The predicted octanol–water partition coefficient (Wildman–Crippen LogP) is -2.51. The zero-order chi connectivity index (χ0) is 18.4. The largest absolute Gasteiger partial charge is 0.483 e. The summed E-state index contributed by atoms with van der Waals surface area (Å²) in [4.78, 5) is 52.1. The Hall–Kier alpha value is -2.34. The summed E-state index contributed by atoms with van der Waals surface area (Å²) in [5.74, 6) is -3.70. The van der Waals surface area contributed by atoms with E-state index in [1.165, 1.54) is 0 Å². The molecule has 0 heterocycles. The van der Waals surface area contributed by atoms with Gasteiger partial charge in [-0.3, -0.25) is 24.0 Å². The van der Waals surface area contributed by atoms with Crippen molar-refractivity contribution in [2.45, 2.75) is 24.9 Å². The Balaban J connectivity index is 0. The fourth-order valence-corrected chi connectivity index (χ4v) is 1.41. The molecule has 0 aliphatic carbocycles. The second-order valence-electron chi connectivity index (χ2n) is 4.00. The number of nitrogens with one attached hydrogen (secondary N) is 2. The van der Waals surface area contributed by atoms with Gasteiger partial charge in [0.15, 0.2) is 0 Å². The fraction of sp³-hybridized carbons (Fsp3) is 0.545. The van der Waals surface area contributed by atoms with Crippen molar-refractivity contribution in [3.63, 3.8) is 0 Å². The van der Waals surface area contributed by atoms with E-state index in [-0.39, 0.29) is 25.1 Å². The zero-order valence-corrected chi connectivity index (χ0v) is 12.9. The van der Waals surface area contributed by atoms with Gasteiger partial charge in [-0.2, -0.15) is 12.6 Å². The predicted molar refractivity (Wildman–Crippen MR) is 80.0 cm³/mol. The Kier molecular flexibility index (Phi) is 13.3. The third-order valence-electron chi connectivity index (χ3n) is 2.25. The van der Waals surface area contributed by atoms with Crippen molar-refractivity contribution < 1.29 is 39.3 Å². The van der Waals surface area contributed by atoms with E-state index in [9.17, 15) is 19.2 Å². The molecule has 12 heteroatoms. The van der Waals surface area contributed by atoms with Crippen LogP contribution >= 0.6 is 12.6 Å². The lowest BCUT2D eigenvalue weighted by molar-refractivity contribution is -0.139. The van der Waals surface area contributed by atoms with Crippen LogP contribution in [0.4, 0.5) is 0 Å². The molecule has 2 amide bonds. The maximum Gasteiger partial charge on any atom is 0.322 e. The first-order valence-electron chi connectivity index (χ1n) is 6.15. The van der Waals surface area contributed by atoms with Crippen LogP contribution in [0.1, 0.15) is 12.8 Å². The lowest BCUT2D eigenvalue weighted by atomic mass is 10.1. The molecule has 0 fully saturated rings. The topological polar surface area (TPSA) is 196 Å². The molecule has 23 heavy (non-hydrogen) atoms. The van der Waals surface area contributed by atoms with Gasteiger partial charge >= 0.3 is 11.9 Å². The zero-order valence-electron chi connectivity index (χ0n) is 12.0. The maximum atomic E-state index is 11.5. The fourth-order valence-electron chi connectivity index (χ4n) is 1.16. The van der Waals surface area contributed by atoms with Crippen molar-refractivity contribution >= 4 is 42.9 Å². The minimum absolute atomic E-state index is 0.0256. The van der Waals surface area contributed by atoms with Gasteiger partial charge in [0, 0.05) is 12.2 Å². The molecule has 0 saturated heterocycles. The van der Waals surface area contributed by atoms with Gasteiger partial charge in [0.2, 0.25) is 11.8 Å². The molecule has 2 atom stereocenters. The van der Waals surface area contributed by atoms with Crippen LogP contribution in [0.25, 0.3) is 0 Å². The highest BCUT2D eigenvalue weighted by atomic mass is 32.1. The molecule has 0 bridgehead atoms. The van der Waals surface area contributed by atoms with Gasteiger partial charge in [0.05, 0.1) is 0 Å². The molecule has 0 aromatic heterocycles. The second-order valence-corrected chi connectivity index (χ2v) is 4.37. The van der Waals surface area contributed by atoms with E-state index in [4.69, 9.17) is 25.8 Å². The Bertz CT molecular complexity index is 431. The maximum absolute atomic E-state index is 11.5. The number of hydrogen-bond donors (Lipinski definition) is 7. The van der Waals surface area contributed by atoms with Crippen molar-refractivity contribution in [3.8, 4) is 0 Å². The summed E-state index contributed by atoms with van der Waals surface area (Å²) in [6.45, 7) is -0.817. The number of aliphatic carboxylic acids is 2. The first-order valence-corrected chi connectivity index (χ1v) is 6.78. The summed E-state index contributed by atoms with van der Waals surface area (Å²) in [5, 5.41) is 28.3. The molecular weight excluding hydrogens is 334 g/mol. The summed E-state index contributed by atoms with van der Waals surface area (Å²) in [6, 6.07) is -2.15. The van der Waals surface area contributed by atoms with Crippen molar-refractivity contribution in [2.24, 2.45) is 5.73 Å². The Morgan fingerprint density at radius 3 is 2.13 bits per heavy atom. The standard InChI is InChI=1S/C10H17N3O6S.CH2O2/c11-5(10(18)19)1-2-7(14)13-6(4-20)9(17)12-3-8(15)16;2-1-3/h5-6,20H,1-4,11H2,(H,12,17)(H,13,14)(H,15,16)(H,18,19);1H,(H,2,3)/t5-,6-;/m0./s1. The van der Waals surface area contributed by atoms with Crippen LogP contribution in [0, 0.1) is 0 Å². The molecule has 0 rings (SSSR count). The van der Waals surface area contributed by atoms with Crippen LogP contribution in [-0.2, 0) is 24.0 Å². The molecule has 132 valence electrons. The SMILES string of the molecule is N[C@@H](CCC(=O)N[C@@H](CS)C(=O)NCC(=O)O)C(=O)O.O=CO. The third kappa shape index (κ3) is 13.1. The molecule has 0 unspecified atom stereocenters. The number of nitrogens with two attached hydrogens (primary N) is 1. The summed E-state index contributed by atoms with van der Waals surface area (Å²) >= 11 is 3.87. The number of carbonyl (C=O) groups is 5. The second kappa shape index (κ2) is 13.3. The number of hydrogen-bond acceptors (Lipinski definition) is 7. The van der Waals surface area contributed by atoms with Gasteiger partial charge in [-0.15, -0.1) is 0 Å². The van der Waals surface area contributed by atoms with E-state index < -0.39 is 42.4 Å². The molecule has 0 aromatic rings. The normalized spacial score (nSPS) is 11.9. The van der Waals surface area contributed by atoms with Crippen LogP contribution in [0.3, 0.4) is 0 Å². The summed E-state index contributed by atoms with van der Waals surface area (Å²) < 4.78 is 0. The van der Waals surface area contributed by atoms with Gasteiger partial charge in [-0.1, -0.05) is 0 Å². The lowest BCUT2D eigenvalue weighted by Crippen LogP contribution is -2.49. The first kappa shape index (κ1) is 22.9. The third-order valence-corrected chi connectivity index (χ3v) is 2.61. The van der Waals surface area contributed by atoms with Gasteiger partial charge in [-0.05, 0) is 6.42 Å². The number of rotatable bonds is 9. The van der Waals surface area contributed by atoms with Crippen molar-refractivity contribution in [1.82, 2.24) is 10.6 Å². The molecule has 0 saturated carbocycles. The minimum atomic E-state index is -1.22. The quantitative estimate of drug-likeness (QED) is 0.173. The Morgan fingerprint density at radius 2 is 1.74 bits per heavy atom. The van der Waals surface area contributed by atoms with E-state index >= 15 is 0 Å². The van der Waals surface area contributed by atoms with E-state index in [1.807, 2.05) is 0 Å². The summed E-state index contributed by atoms with van der Waals surface area (Å²) in [6.07, 6.45) is -0.235. The van der Waals surface area contributed by atoms with E-state index in [0.717, 1.165) is 0 Å². The van der Waals surface area contributed by atoms with E-state index in [1.54, 1.807) is 0 Å². The average Bonchev–Trinajstić information content (AvgIpc) is 2.48. The van der Waals surface area contributed by atoms with Crippen LogP contribution < -0.4 is 16.4 Å². The average molecular weight is 353 g/mol. The highest BCUT2D eigenvalue weighted by Crippen LogP contribution is 1.97. The molecule has 0 aliphatic rings. The van der Waals surface area contributed by atoms with Gasteiger partial charge in [0.1, 0.15) is 18.6 Å². The summed E-state index contributed by atoms with van der Waals surface area (Å²) in [7, 11) is 0. The van der Waals surface area contributed by atoms with Crippen molar-refractivity contribution in [3.05, 3.63) is 0 Å². The Labute approximate surface area is 136 Å². The first-order chi connectivity index (χ1) is 10.7. The number of carbonyl (C=O) groups excluding carboxylic acids is 2. The molecule has 11 nitrogen and oxygen atoms in total. The Morgan fingerprint density at radius 1 is 1.22 bits per heavy atom. The van der Waals surface area contributed by atoms with Crippen LogP contribution in [0.2, 0.25) is 0 Å². The number of carboxylic acids is 2. The smallest absolute Gasteiger partial charge is 0.322 e. The van der Waals surface area contributed by atoms with E-state index in [0.29, 0.717) is 0 Å². The molecular formula is C11H19N3O8S. The molecule has 0 aliphatic heterocycles. The van der Waals surface area contributed by atoms with Gasteiger partial charge < -0.3 is 31.7 Å². The highest BCUT2D eigenvalue weighted by Gasteiger charge is 2.20. The van der Waals surface area contributed by atoms with Crippen molar-refractivity contribution in [1.29, 1.82) is 0 Å². The number of carboxylic acid groups (broad SMARTS) is 3. The molecule has 7 N–H and O–H groups in total.